The van der Waals surface area contributed by atoms with Crippen molar-refractivity contribution in [3.05, 3.63) is 30.1 Å². The summed E-state index contributed by atoms with van der Waals surface area (Å²) in [4.78, 5) is 21.2. The third-order valence-electron chi connectivity index (χ3n) is 5.74. The fraction of sp³-hybridized carbons (Fsp3) is 0.714. The molecule has 2 aliphatic rings. The summed E-state index contributed by atoms with van der Waals surface area (Å²) in [6.45, 7) is 5.98. The maximum atomic E-state index is 12.5. The first-order chi connectivity index (χ1) is 12.8. The highest BCUT2D eigenvalue weighted by molar-refractivity contribution is 5.67. The summed E-state index contributed by atoms with van der Waals surface area (Å²) in [7, 11) is 0. The molecule has 1 aromatic heterocycles. The van der Waals surface area contributed by atoms with E-state index in [4.69, 9.17) is 4.74 Å². The molecule has 5 nitrogen and oxygen atoms in total. The van der Waals surface area contributed by atoms with E-state index in [1.807, 2.05) is 30.2 Å². The second-order valence-corrected chi connectivity index (χ2v) is 7.74. The quantitative estimate of drug-likeness (QED) is 0.768. The van der Waals surface area contributed by atoms with Crippen LogP contribution in [0.1, 0.15) is 57.4 Å². The van der Waals surface area contributed by atoms with Crippen molar-refractivity contribution in [2.45, 2.75) is 64.5 Å². The Morgan fingerprint density at radius 3 is 2.85 bits per heavy atom. The zero-order valence-electron chi connectivity index (χ0n) is 16.1. The van der Waals surface area contributed by atoms with Gasteiger partial charge >= 0.3 is 6.09 Å². The number of carbonyl (C=O) groups is 1. The zero-order valence-corrected chi connectivity index (χ0v) is 16.1. The van der Waals surface area contributed by atoms with Crippen molar-refractivity contribution in [3.63, 3.8) is 0 Å². The number of piperidine rings is 1. The molecule has 144 valence electrons. The number of rotatable bonds is 6. The van der Waals surface area contributed by atoms with E-state index in [1.54, 1.807) is 6.20 Å². The van der Waals surface area contributed by atoms with Crippen molar-refractivity contribution in [2.24, 2.45) is 5.92 Å². The molecule has 0 radical (unpaired) electrons. The highest BCUT2D eigenvalue weighted by Gasteiger charge is 2.29. The Morgan fingerprint density at radius 1 is 1.27 bits per heavy atom. The van der Waals surface area contributed by atoms with E-state index in [1.165, 1.54) is 51.5 Å². The molecule has 1 saturated carbocycles. The van der Waals surface area contributed by atoms with Gasteiger partial charge in [-0.2, -0.15) is 0 Å². The monoisotopic (exact) mass is 359 g/mol. The van der Waals surface area contributed by atoms with Crippen molar-refractivity contribution in [3.8, 4) is 0 Å². The first-order valence-electron chi connectivity index (χ1n) is 10.3. The maximum absolute atomic E-state index is 12.5. The molecule has 1 atom stereocenters. The Kier molecular flexibility index (Phi) is 7.30. The van der Waals surface area contributed by atoms with Gasteiger partial charge in [-0.15, -0.1) is 0 Å². The van der Waals surface area contributed by atoms with E-state index >= 15 is 0 Å². The summed E-state index contributed by atoms with van der Waals surface area (Å²) in [5.74, 6) is 0.534. The predicted octanol–water partition coefficient (Wildman–Crippen LogP) is 4.08. The number of amides is 1. The highest BCUT2D eigenvalue weighted by atomic mass is 16.6. The number of pyridine rings is 1. The Hall–Kier alpha value is -1.62. The number of carbonyl (C=O) groups excluding carboxylic acids is 1. The summed E-state index contributed by atoms with van der Waals surface area (Å²) < 4.78 is 5.31. The van der Waals surface area contributed by atoms with Crippen LogP contribution in [0, 0.1) is 5.92 Å². The summed E-state index contributed by atoms with van der Waals surface area (Å²) in [6.07, 6.45) is 12.7. The van der Waals surface area contributed by atoms with Crippen LogP contribution in [0.2, 0.25) is 0 Å². The normalized spacial score (nSPS) is 22.1. The van der Waals surface area contributed by atoms with Gasteiger partial charge in [-0.3, -0.25) is 4.98 Å². The minimum absolute atomic E-state index is 0.203. The summed E-state index contributed by atoms with van der Waals surface area (Å²) in [5.41, 5.74) is 1.06. The Bertz CT molecular complexity index is 545. The van der Waals surface area contributed by atoms with Crippen molar-refractivity contribution in [1.29, 1.82) is 0 Å². The highest BCUT2D eigenvalue weighted by Crippen LogP contribution is 2.27. The lowest BCUT2D eigenvalue weighted by Crippen LogP contribution is -2.47. The van der Waals surface area contributed by atoms with Crippen molar-refractivity contribution in [1.82, 2.24) is 14.8 Å². The van der Waals surface area contributed by atoms with E-state index in [2.05, 4.69) is 9.88 Å². The summed E-state index contributed by atoms with van der Waals surface area (Å²) in [6, 6.07) is 4.71. The molecule has 1 aliphatic heterocycles. The lowest BCUT2D eigenvalue weighted by atomic mass is 9.90. The summed E-state index contributed by atoms with van der Waals surface area (Å²) in [5, 5.41) is 0. The van der Waals surface area contributed by atoms with Crippen molar-refractivity contribution >= 4 is 6.09 Å². The molecule has 1 aliphatic carbocycles. The van der Waals surface area contributed by atoms with Crippen LogP contribution in [0.25, 0.3) is 0 Å². The van der Waals surface area contributed by atoms with Crippen molar-refractivity contribution in [2.75, 3.05) is 26.2 Å². The number of hydrogen-bond donors (Lipinski definition) is 0. The largest absolute Gasteiger partial charge is 0.450 e. The van der Waals surface area contributed by atoms with Crippen LogP contribution >= 0.6 is 0 Å². The molecule has 26 heavy (non-hydrogen) atoms. The first kappa shape index (κ1) is 19.2. The smallest absolute Gasteiger partial charge is 0.410 e. The van der Waals surface area contributed by atoms with E-state index in [0.29, 0.717) is 19.1 Å². The van der Waals surface area contributed by atoms with Gasteiger partial charge < -0.3 is 14.5 Å². The second-order valence-electron chi connectivity index (χ2n) is 7.74. The molecule has 0 spiro atoms. The van der Waals surface area contributed by atoms with Crippen molar-refractivity contribution < 1.29 is 9.53 Å². The molecule has 1 saturated heterocycles. The second kappa shape index (κ2) is 9.91. The topological polar surface area (TPSA) is 45.7 Å². The predicted molar refractivity (Wildman–Crippen MR) is 103 cm³/mol. The maximum Gasteiger partial charge on any atom is 0.410 e. The van der Waals surface area contributed by atoms with Gasteiger partial charge in [-0.05, 0) is 56.7 Å². The number of aromatic nitrogens is 1. The molecule has 0 aromatic carbocycles. The molecule has 3 rings (SSSR count). The molecule has 0 unspecified atom stereocenters. The minimum atomic E-state index is -0.203. The molecular formula is C21H33N3O2. The molecule has 2 heterocycles. The van der Waals surface area contributed by atoms with Crippen LogP contribution < -0.4 is 0 Å². The zero-order chi connectivity index (χ0) is 18.2. The van der Waals surface area contributed by atoms with Gasteiger partial charge in [0.2, 0.25) is 0 Å². The number of ether oxygens (including phenoxy) is 1. The van der Waals surface area contributed by atoms with Gasteiger partial charge in [-0.1, -0.05) is 25.3 Å². The summed E-state index contributed by atoms with van der Waals surface area (Å²) >= 11 is 0. The molecular weight excluding hydrogens is 326 g/mol. The molecule has 1 aromatic rings. The first-order valence-corrected chi connectivity index (χ1v) is 10.3. The van der Waals surface area contributed by atoms with Gasteiger partial charge in [-0.25, -0.2) is 4.79 Å². The SMILES string of the molecule is CCOC(=O)N(Cc1cccnc1)C[C@@H]1CCCN(C2CCCCC2)C1. The van der Waals surface area contributed by atoms with Gasteiger partial charge in [0.25, 0.3) is 0 Å². The molecule has 2 fully saturated rings. The van der Waals surface area contributed by atoms with E-state index in [0.717, 1.165) is 24.7 Å². The van der Waals surface area contributed by atoms with Gasteiger partial charge in [0.15, 0.2) is 0 Å². The number of hydrogen-bond acceptors (Lipinski definition) is 4. The standard InChI is InChI=1S/C21H33N3O2/c1-2-26-21(25)24(15-18-8-6-12-22-14-18)17-19-9-7-13-23(16-19)20-10-4-3-5-11-20/h6,8,12,14,19-20H,2-5,7,9-11,13,15-17H2,1H3/t19-/m1/s1. The molecule has 0 bridgehead atoms. The average molecular weight is 360 g/mol. The lowest BCUT2D eigenvalue weighted by Gasteiger charge is -2.41. The van der Waals surface area contributed by atoms with E-state index in [-0.39, 0.29) is 6.09 Å². The van der Waals surface area contributed by atoms with Crippen LogP contribution in [0.5, 0.6) is 0 Å². The van der Waals surface area contributed by atoms with Gasteiger partial charge in [0, 0.05) is 31.5 Å². The average Bonchev–Trinajstić information content (AvgIpc) is 2.69. The molecule has 5 heteroatoms. The van der Waals surface area contributed by atoms with Crippen LogP contribution in [0.3, 0.4) is 0 Å². The third kappa shape index (κ3) is 5.44. The van der Waals surface area contributed by atoms with Gasteiger partial charge in [0.1, 0.15) is 0 Å². The molecule has 1 amide bonds. The Balaban J connectivity index is 1.60. The van der Waals surface area contributed by atoms with E-state index < -0.39 is 0 Å². The number of nitrogens with zero attached hydrogens (tertiary/aromatic N) is 3. The lowest BCUT2D eigenvalue weighted by molar-refractivity contribution is 0.0656. The Morgan fingerprint density at radius 2 is 2.12 bits per heavy atom. The third-order valence-corrected chi connectivity index (χ3v) is 5.74. The number of likely N-dealkylation sites (tertiary alicyclic amines) is 1. The molecule has 0 N–H and O–H groups in total. The minimum Gasteiger partial charge on any atom is -0.450 e. The van der Waals surface area contributed by atoms with Crippen LogP contribution in [-0.4, -0.2) is 53.2 Å². The van der Waals surface area contributed by atoms with Crippen LogP contribution in [0.4, 0.5) is 4.79 Å². The Labute approximate surface area is 157 Å². The van der Waals surface area contributed by atoms with Crippen LogP contribution in [0.15, 0.2) is 24.5 Å². The fourth-order valence-corrected chi connectivity index (χ4v) is 4.47. The van der Waals surface area contributed by atoms with E-state index in [9.17, 15) is 4.79 Å². The van der Waals surface area contributed by atoms with Gasteiger partial charge in [0.05, 0.1) is 13.2 Å². The fourth-order valence-electron chi connectivity index (χ4n) is 4.47. The van der Waals surface area contributed by atoms with Crippen LogP contribution in [-0.2, 0) is 11.3 Å².